The Labute approximate surface area is 220 Å². The number of nitriles is 1. The summed E-state index contributed by atoms with van der Waals surface area (Å²) >= 11 is 13.6. The van der Waals surface area contributed by atoms with Gasteiger partial charge in [-0.25, -0.2) is 14.5 Å². The van der Waals surface area contributed by atoms with E-state index in [-0.39, 0.29) is 17.8 Å². The standard InChI is InChI=1S/C25H18Cl2N4O4S/c26-17-6-18(27)8-19(7-17)31-23(34)25(29-24(31)35)13-30(10-20-5-16(12-36-20)22(32)33)11-21(25)15-3-1-14(9-28)2-4-15/h1-8,12,21H,10-11,13H2,(H,29,35)(H,32,33). The molecule has 8 nitrogen and oxygen atoms in total. The smallest absolute Gasteiger partial charge is 0.336 e. The highest BCUT2D eigenvalue weighted by atomic mass is 35.5. The van der Waals surface area contributed by atoms with Crippen LogP contribution in [0.2, 0.25) is 10.0 Å². The van der Waals surface area contributed by atoms with Gasteiger partial charge in [-0.3, -0.25) is 9.69 Å². The molecule has 2 unspecified atom stereocenters. The zero-order valence-corrected chi connectivity index (χ0v) is 20.9. The van der Waals surface area contributed by atoms with Crippen LogP contribution < -0.4 is 10.2 Å². The fraction of sp³-hybridized carbons (Fsp3) is 0.200. The molecule has 2 aliphatic heterocycles. The van der Waals surface area contributed by atoms with Crippen molar-refractivity contribution in [3.63, 3.8) is 0 Å². The van der Waals surface area contributed by atoms with Gasteiger partial charge in [-0.2, -0.15) is 5.26 Å². The molecule has 2 aliphatic rings. The lowest BCUT2D eigenvalue weighted by atomic mass is 9.81. The van der Waals surface area contributed by atoms with Gasteiger partial charge in [0.15, 0.2) is 0 Å². The Morgan fingerprint density at radius 3 is 2.47 bits per heavy atom. The molecule has 5 rings (SSSR count). The number of benzene rings is 2. The van der Waals surface area contributed by atoms with E-state index in [4.69, 9.17) is 23.2 Å². The number of anilines is 1. The molecule has 182 valence electrons. The first-order valence-corrected chi connectivity index (χ1v) is 12.5. The molecule has 1 aromatic heterocycles. The summed E-state index contributed by atoms with van der Waals surface area (Å²) in [6.45, 7) is 1.06. The molecule has 0 saturated carbocycles. The second-order valence-electron chi connectivity index (χ2n) is 8.73. The van der Waals surface area contributed by atoms with Crippen molar-refractivity contribution in [3.8, 4) is 6.07 Å². The first-order chi connectivity index (χ1) is 17.2. The van der Waals surface area contributed by atoms with E-state index in [1.54, 1.807) is 35.7 Å². The van der Waals surface area contributed by atoms with Crippen molar-refractivity contribution in [2.45, 2.75) is 18.0 Å². The lowest BCUT2D eigenvalue weighted by Crippen LogP contribution is -2.53. The van der Waals surface area contributed by atoms with Gasteiger partial charge in [0.05, 0.1) is 22.9 Å². The van der Waals surface area contributed by atoms with Gasteiger partial charge in [-0.15, -0.1) is 11.3 Å². The Bertz CT molecular complexity index is 1410. The molecule has 11 heteroatoms. The summed E-state index contributed by atoms with van der Waals surface area (Å²) in [7, 11) is 0. The minimum Gasteiger partial charge on any atom is -0.478 e. The molecule has 1 spiro atoms. The number of imide groups is 1. The number of carbonyl (C=O) groups excluding carboxylic acids is 2. The summed E-state index contributed by atoms with van der Waals surface area (Å²) in [4.78, 5) is 42.3. The summed E-state index contributed by atoms with van der Waals surface area (Å²) < 4.78 is 0. The first kappa shape index (κ1) is 24.3. The summed E-state index contributed by atoms with van der Waals surface area (Å²) in [5, 5.41) is 23.5. The van der Waals surface area contributed by atoms with Crippen LogP contribution >= 0.6 is 34.5 Å². The van der Waals surface area contributed by atoms with E-state index in [1.807, 2.05) is 4.90 Å². The Hall–Kier alpha value is -3.42. The minimum atomic E-state index is -1.27. The maximum absolute atomic E-state index is 14.0. The van der Waals surface area contributed by atoms with Gasteiger partial charge in [-0.1, -0.05) is 35.3 Å². The number of amides is 3. The van der Waals surface area contributed by atoms with Crippen molar-refractivity contribution in [2.24, 2.45) is 0 Å². The summed E-state index contributed by atoms with van der Waals surface area (Å²) in [5.41, 5.74) is 0.496. The Morgan fingerprint density at radius 1 is 1.17 bits per heavy atom. The number of carbonyl (C=O) groups is 3. The van der Waals surface area contributed by atoms with Crippen molar-refractivity contribution in [1.82, 2.24) is 10.2 Å². The van der Waals surface area contributed by atoms with Gasteiger partial charge in [0, 0.05) is 45.9 Å². The normalized spacial score (nSPS) is 21.7. The lowest BCUT2D eigenvalue weighted by molar-refractivity contribution is -0.122. The van der Waals surface area contributed by atoms with Gasteiger partial charge in [0.1, 0.15) is 5.54 Å². The monoisotopic (exact) mass is 540 g/mol. The van der Waals surface area contributed by atoms with Crippen LogP contribution in [0.15, 0.2) is 53.9 Å². The lowest BCUT2D eigenvalue weighted by Gasteiger charge is -2.28. The largest absolute Gasteiger partial charge is 0.478 e. The number of urea groups is 1. The predicted octanol–water partition coefficient (Wildman–Crippen LogP) is 4.72. The zero-order chi connectivity index (χ0) is 25.6. The van der Waals surface area contributed by atoms with E-state index in [0.29, 0.717) is 28.7 Å². The van der Waals surface area contributed by atoms with Crippen molar-refractivity contribution in [3.05, 3.63) is 85.5 Å². The van der Waals surface area contributed by atoms with E-state index in [9.17, 15) is 24.8 Å². The third-order valence-electron chi connectivity index (χ3n) is 6.45. The molecule has 2 atom stereocenters. The van der Waals surface area contributed by atoms with Crippen LogP contribution in [0.4, 0.5) is 10.5 Å². The van der Waals surface area contributed by atoms with Crippen molar-refractivity contribution < 1.29 is 19.5 Å². The summed E-state index contributed by atoms with van der Waals surface area (Å²) in [5.74, 6) is -1.85. The molecule has 2 fully saturated rings. The fourth-order valence-electron chi connectivity index (χ4n) is 4.88. The average molecular weight is 541 g/mol. The van der Waals surface area contributed by atoms with Crippen LogP contribution in [0.5, 0.6) is 0 Å². The predicted molar refractivity (Wildman–Crippen MR) is 136 cm³/mol. The van der Waals surface area contributed by atoms with Gasteiger partial charge < -0.3 is 10.4 Å². The summed E-state index contributed by atoms with van der Waals surface area (Å²) in [6.07, 6.45) is 0. The number of rotatable bonds is 5. The van der Waals surface area contributed by atoms with Crippen LogP contribution in [0.25, 0.3) is 0 Å². The molecule has 0 aliphatic carbocycles. The van der Waals surface area contributed by atoms with Crippen LogP contribution in [0, 0.1) is 11.3 Å². The topological polar surface area (TPSA) is 114 Å². The number of thiophene rings is 1. The maximum Gasteiger partial charge on any atom is 0.336 e. The van der Waals surface area contributed by atoms with Gasteiger partial charge in [0.2, 0.25) is 0 Å². The van der Waals surface area contributed by atoms with Gasteiger partial charge in [0.25, 0.3) is 5.91 Å². The van der Waals surface area contributed by atoms with E-state index < -0.39 is 29.4 Å². The molecule has 3 amide bonds. The third kappa shape index (κ3) is 4.22. The number of aromatic carboxylic acids is 1. The Balaban J connectivity index is 1.52. The molecular formula is C25H18Cl2N4O4S. The van der Waals surface area contributed by atoms with Gasteiger partial charge in [-0.05, 0) is 42.0 Å². The van der Waals surface area contributed by atoms with Crippen molar-refractivity contribution in [2.75, 3.05) is 18.0 Å². The second-order valence-corrected chi connectivity index (χ2v) is 10.6. The number of hydrogen-bond donors (Lipinski definition) is 2. The zero-order valence-electron chi connectivity index (χ0n) is 18.6. The van der Waals surface area contributed by atoms with E-state index in [0.717, 1.165) is 15.3 Å². The van der Waals surface area contributed by atoms with E-state index in [1.165, 1.54) is 29.5 Å². The highest BCUT2D eigenvalue weighted by Crippen LogP contribution is 2.43. The van der Waals surface area contributed by atoms with Crippen LogP contribution in [0.3, 0.4) is 0 Å². The Morgan fingerprint density at radius 2 is 1.86 bits per heavy atom. The second kappa shape index (κ2) is 9.22. The van der Waals surface area contributed by atoms with E-state index in [2.05, 4.69) is 11.4 Å². The quantitative estimate of drug-likeness (QED) is 0.452. The highest BCUT2D eigenvalue weighted by Gasteiger charge is 2.60. The number of halogens is 2. The molecule has 2 N–H and O–H groups in total. The fourth-order valence-corrected chi connectivity index (χ4v) is 6.29. The number of hydrogen-bond acceptors (Lipinski definition) is 6. The molecule has 36 heavy (non-hydrogen) atoms. The average Bonchev–Trinajstić information content (AvgIpc) is 3.50. The summed E-state index contributed by atoms with van der Waals surface area (Å²) in [6, 6.07) is 14.6. The van der Waals surface area contributed by atoms with Crippen LogP contribution in [-0.2, 0) is 11.3 Å². The van der Waals surface area contributed by atoms with Crippen LogP contribution in [0.1, 0.15) is 32.3 Å². The number of nitrogens with zero attached hydrogens (tertiary/aromatic N) is 3. The molecule has 3 heterocycles. The third-order valence-corrected chi connectivity index (χ3v) is 7.81. The van der Waals surface area contributed by atoms with Crippen molar-refractivity contribution in [1.29, 1.82) is 5.26 Å². The number of carboxylic acids is 1. The maximum atomic E-state index is 14.0. The molecule has 0 radical (unpaired) electrons. The number of carboxylic acid groups (broad SMARTS) is 1. The first-order valence-electron chi connectivity index (χ1n) is 10.9. The number of likely N-dealkylation sites (tertiary alicyclic amines) is 1. The molecular weight excluding hydrogens is 523 g/mol. The van der Waals surface area contributed by atoms with Gasteiger partial charge >= 0.3 is 12.0 Å². The molecule has 2 aromatic carbocycles. The molecule has 2 saturated heterocycles. The minimum absolute atomic E-state index is 0.210. The van der Waals surface area contributed by atoms with E-state index >= 15 is 0 Å². The van der Waals surface area contributed by atoms with Crippen molar-refractivity contribution >= 4 is 58.1 Å². The van der Waals surface area contributed by atoms with Crippen LogP contribution in [-0.4, -0.2) is 46.5 Å². The molecule has 0 bridgehead atoms. The Kier molecular flexibility index (Phi) is 6.22. The SMILES string of the molecule is N#Cc1ccc(C2CN(Cc3cc(C(=O)O)cs3)CC23NC(=O)N(c2cc(Cl)cc(Cl)c2)C3=O)cc1. The number of nitrogens with one attached hydrogen (secondary N) is 1. The molecule has 3 aromatic rings. The highest BCUT2D eigenvalue weighted by molar-refractivity contribution is 7.10.